The number of nitrogens with zero attached hydrogens (tertiary/aromatic N) is 2. The summed E-state index contributed by atoms with van der Waals surface area (Å²) in [6.07, 6.45) is 1.65. The minimum atomic E-state index is -0.355. The second-order valence-corrected chi connectivity index (χ2v) is 5.08. The van der Waals surface area contributed by atoms with Crippen LogP contribution in [0.1, 0.15) is 19.8 Å². The third kappa shape index (κ3) is 3.18. The van der Waals surface area contributed by atoms with Gasteiger partial charge in [-0.05, 0) is 26.3 Å². The number of β-amino-alcohol motifs (C(OH)–C–C–N with tert-alkyl or cyclic N) is 1. The Morgan fingerprint density at radius 1 is 1.41 bits per heavy atom. The van der Waals surface area contributed by atoms with Crippen LogP contribution in [0.15, 0.2) is 0 Å². The van der Waals surface area contributed by atoms with Crippen molar-refractivity contribution in [1.29, 1.82) is 0 Å². The molecule has 2 rings (SSSR count). The van der Waals surface area contributed by atoms with E-state index < -0.39 is 0 Å². The van der Waals surface area contributed by atoms with Crippen molar-refractivity contribution < 1.29 is 9.90 Å². The van der Waals surface area contributed by atoms with Crippen LogP contribution < -0.4 is 5.32 Å². The first-order valence-electron chi connectivity index (χ1n) is 6.60. The van der Waals surface area contributed by atoms with E-state index in [2.05, 4.69) is 10.2 Å². The third-order valence-electron chi connectivity index (χ3n) is 3.58. The molecule has 5 nitrogen and oxygen atoms in total. The van der Waals surface area contributed by atoms with Crippen molar-refractivity contribution in [1.82, 2.24) is 15.1 Å². The SMILES string of the molecule is CC(O)CN1CCCC1C(=O)N1CCNCC1. The van der Waals surface area contributed by atoms with Gasteiger partial charge in [-0.1, -0.05) is 0 Å². The van der Waals surface area contributed by atoms with Crippen LogP contribution in [0.3, 0.4) is 0 Å². The van der Waals surface area contributed by atoms with Crippen molar-refractivity contribution in [2.45, 2.75) is 31.9 Å². The van der Waals surface area contributed by atoms with Crippen LogP contribution in [-0.4, -0.2) is 72.2 Å². The van der Waals surface area contributed by atoms with E-state index in [-0.39, 0.29) is 18.1 Å². The molecule has 0 aromatic rings. The molecule has 2 fully saturated rings. The van der Waals surface area contributed by atoms with Crippen molar-refractivity contribution in [3.8, 4) is 0 Å². The van der Waals surface area contributed by atoms with E-state index in [9.17, 15) is 9.90 Å². The first-order valence-corrected chi connectivity index (χ1v) is 6.60. The van der Waals surface area contributed by atoms with Crippen LogP contribution in [-0.2, 0) is 4.79 Å². The molecule has 17 heavy (non-hydrogen) atoms. The minimum absolute atomic E-state index is 0.00250. The van der Waals surface area contributed by atoms with Gasteiger partial charge in [0.1, 0.15) is 0 Å². The second-order valence-electron chi connectivity index (χ2n) is 5.08. The molecule has 2 aliphatic rings. The summed E-state index contributed by atoms with van der Waals surface area (Å²) >= 11 is 0. The summed E-state index contributed by atoms with van der Waals surface area (Å²) in [5.41, 5.74) is 0. The first-order chi connectivity index (χ1) is 8.18. The highest BCUT2D eigenvalue weighted by Crippen LogP contribution is 2.19. The normalized spacial score (nSPS) is 28.4. The van der Waals surface area contributed by atoms with Gasteiger partial charge in [-0.2, -0.15) is 0 Å². The van der Waals surface area contributed by atoms with E-state index in [1.807, 2.05) is 4.90 Å². The van der Waals surface area contributed by atoms with Crippen LogP contribution in [0.4, 0.5) is 0 Å². The largest absolute Gasteiger partial charge is 0.392 e. The maximum atomic E-state index is 12.4. The average Bonchev–Trinajstić information content (AvgIpc) is 2.76. The fourth-order valence-electron chi connectivity index (χ4n) is 2.76. The van der Waals surface area contributed by atoms with Gasteiger partial charge in [-0.25, -0.2) is 0 Å². The van der Waals surface area contributed by atoms with Gasteiger partial charge in [0, 0.05) is 32.7 Å². The molecule has 2 heterocycles. The number of carbonyl (C=O) groups is 1. The molecular weight excluding hydrogens is 218 g/mol. The zero-order valence-electron chi connectivity index (χ0n) is 10.6. The fourth-order valence-corrected chi connectivity index (χ4v) is 2.76. The van der Waals surface area contributed by atoms with Crippen molar-refractivity contribution in [3.05, 3.63) is 0 Å². The van der Waals surface area contributed by atoms with Crippen LogP contribution in [0.25, 0.3) is 0 Å². The van der Waals surface area contributed by atoms with E-state index >= 15 is 0 Å². The summed E-state index contributed by atoms with van der Waals surface area (Å²) in [6, 6.07) is 0.00250. The average molecular weight is 241 g/mol. The number of piperazine rings is 1. The summed E-state index contributed by atoms with van der Waals surface area (Å²) < 4.78 is 0. The molecule has 0 aromatic heterocycles. The summed E-state index contributed by atoms with van der Waals surface area (Å²) in [6.45, 7) is 6.76. The number of likely N-dealkylation sites (tertiary alicyclic amines) is 1. The van der Waals surface area contributed by atoms with E-state index in [0.29, 0.717) is 6.54 Å². The van der Waals surface area contributed by atoms with Gasteiger partial charge in [0.15, 0.2) is 0 Å². The molecule has 0 bridgehead atoms. The lowest BCUT2D eigenvalue weighted by Crippen LogP contribution is -2.53. The number of aliphatic hydroxyl groups excluding tert-OH is 1. The molecule has 1 amide bonds. The Kier molecular flexibility index (Phi) is 4.36. The predicted octanol–water partition coefficient (Wildman–Crippen LogP) is -0.737. The molecule has 0 aromatic carbocycles. The lowest BCUT2D eigenvalue weighted by molar-refractivity contribution is -0.136. The molecule has 2 aliphatic heterocycles. The lowest BCUT2D eigenvalue weighted by Gasteiger charge is -2.33. The van der Waals surface area contributed by atoms with Crippen molar-refractivity contribution in [2.75, 3.05) is 39.3 Å². The van der Waals surface area contributed by atoms with E-state index in [4.69, 9.17) is 0 Å². The zero-order valence-corrected chi connectivity index (χ0v) is 10.6. The third-order valence-corrected chi connectivity index (χ3v) is 3.58. The number of hydrogen-bond acceptors (Lipinski definition) is 4. The topological polar surface area (TPSA) is 55.8 Å². The molecule has 0 saturated carbocycles. The van der Waals surface area contributed by atoms with Crippen LogP contribution in [0, 0.1) is 0 Å². The van der Waals surface area contributed by atoms with Gasteiger partial charge in [0.05, 0.1) is 12.1 Å². The summed E-state index contributed by atoms with van der Waals surface area (Å²) in [7, 11) is 0. The molecule has 2 unspecified atom stereocenters. The standard InChI is InChI=1S/C12H23N3O2/c1-10(16)9-15-6-2-3-11(15)12(17)14-7-4-13-5-8-14/h10-11,13,16H,2-9H2,1H3. The van der Waals surface area contributed by atoms with Crippen molar-refractivity contribution in [3.63, 3.8) is 0 Å². The Bertz CT molecular complexity index is 264. The lowest BCUT2D eigenvalue weighted by atomic mass is 10.1. The molecule has 0 spiro atoms. The van der Waals surface area contributed by atoms with Crippen molar-refractivity contribution in [2.24, 2.45) is 0 Å². The quantitative estimate of drug-likeness (QED) is 0.683. The van der Waals surface area contributed by atoms with Gasteiger partial charge in [-0.15, -0.1) is 0 Å². The molecular formula is C12H23N3O2. The maximum absolute atomic E-state index is 12.4. The Hall–Kier alpha value is -0.650. The molecule has 5 heteroatoms. The number of nitrogens with one attached hydrogen (secondary N) is 1. The predicted molar refractivity (Wildman–Crippen MR) is 65.7 cm³/mol. The monoisotopic (exact) mass is 241 g/mol. The van der Waals surface area contributed by atoms with Crippen LogP contribution in [0.2, 0.25) is 0 Å². The number of carbonyl (C=O) groups excluding carboxylic acids is 1. The highest BCUT2D eigenvalue weighted by atomic mass is 16.3. The van der Waals surface area contributed by atoms with Gasteiger partial charge < -0.3 is 15.3 Å². The first kappa shape index (κ1) is 12.8. The summed E-state index contributed by atoms with van der Waals surface area (Å²) in [5.74, 6) is 0.254. The van der Waals surface area contributed by atoms with E-state index in [0.717, 1.165) is 45.6 Å². The summed E-state index contributed by atoms with van der Waals surface area (Å²) in [5, 5.41) is 12.7. The van der Waals surface area contributed by atoms with Crippen molar-refractivity contribution >= 4 is 5.91 Å². The van der Waals surface area contributed by atoms with Crippen LogP contribution in [0.5, 0.6) is 0 Å². The van der Waals surface area contributed by atoms with Gasteiger partial charge in [-0.3, -0.25) is 9.69 Å². The molecule has 2 atom stereocenters. The van der Waals surface area contributed by atoms with E-state index in [1.165, 1.54) is 0 Å². The van der Waals surface area contributed by atoms with Gasteiger partial charge >= 0.3 is 0 Å². The smallest absolute Gasteiger partial charge is 0.240 e. The Balaban J connectivity index is 1.92. The Labute approximate surface area is 103 Å². The minimum Gasteiger partial charge on any atom is -0.392 e. The second kappa shape index (κ2) is 5.80. The number of amides is 1. The zero-order chi connectivity index (χ0) is 12.3. The number of rotatable bonds is 3. The maximum Gasteiger partial charge on any atom is 0.240 e. The van der Waals surface area contributed by atoms with Crippen LogP contribution >= 0.6 is 0 Å². The van der Waals surface area contributed by atoms with Gasteiger partial charge in [0.2, 0.25) is 5.91 Å². The Morgan fingerprint density at radius 3 is 2.76 bits per heavy atom. The highest BCUT2D eigenvalue weighted by Gasteiger charge is 2.34. The number of aliphatic hydroxyl groups is 1. The molecule has 98 valence electrons. The highest BCUT2D eigenvalue weighted by molar-refractivity contribution is 5.82. The Morgan fingerprint density at radius 2 is 2.12 bits per heavy atom. The molecule has 2 saturated heterocycles. The van der Waals surface area contributed by atoms with E-state index in [1.54, 1.807) is 6.92 Å². The molecule has 0 radical (unpaired) electrons. The summed E-state index contributed by atoms with van der Waals surface area (Å²) in [4.78, 5) is 16.5. The fraction of sp³-hybridized carbons (Fsp3) is 0.917. The molecule has 2 N–H and O–H groups in total. The molecule has 0 aliphatic carbocycles. The number of hydrogen-bond donors (Lipinski definition) is 2. The van der Waals surface area contributed by atoms with Gasteiger partial charge in [0.25, 0.3) is 0 Å².